The average molecular weight is 310 g/mol. The molecule has 1 amide bonds. The Kier molecular flexibility index (Phi) is 3.51. The Hall–Kier alpha value is -2.14. The molecule has 0 aromatic heterocycles. The first-order valence-electron chi connectivity index (χ1n) is 6.26. The monoisotopic (exact) mass is 309 g/mol. The van der Waals surface area contributed by atoms with Gasteiger partial charge in [0.05, 0.1) is 22.8 Å². The molecule has 0 spiro atoms. The highest BCUT2D eigenvalue weighted by molar-refractivity contribution is 6.34. The van der Waals surface area contributed by atoms with Crippen LogP contribution in [0.2, 0.25) is 5.02 Å². The molecule has 0 saturated heterocycles. The molecule has 3 rings (SSSR count). The number of hydrogen-bond acceptors (Lipinski definition) is 2. The van der Waals surface area contributed by atoms with Gasteiger partial charge in [-0.1, -0.05) is 17.7 Å². The van der Waals surface area contributed by atoms with Crippen LogP contribution in [0.15, 0.2) is 36.4 Å². The lowest BCUT2D eigenvalue weighted by Gasteiger charge is -2.29. The summed E-state index contributed by atoms with van der Waals surface area (Å²) >= 11 is 5.91. The van der Waals surface area contributed by atoms with Gasteiger partial charge in [0.15, 0.2) is 0 Å². The fourth-order valence-electron chi connectivity index (χ4n) is 2.24. The highest BCUT2D eigenvalue weighted by Crippen LogP contribution is 2.34. The number of carbonyl (C=O) groups is 1. The molecule has 0 fully saturated rings. The number of benzene rings is 2. The molecule has 0 unspecified atom stereocenters. The van der Waals surface area contributed by atoms with E-state index in [2.05, 4.69) is 0 Å². The fourth-order valence-corrected chi connectivity index (χ4v) is 2.48. The van der Waals surface area contributed by atoms with Crippen molar-refractivity contribution in [1.82, 2.24) is 0 Å². The van der Waals surface area contributed by atoms with E-state index in [1.54, 1.807) is 0 Å². The van der Waals surface area contributed by atoms with Gasteiger partial charge < -0.3 is 9.64 Å². The molecule has 0 saturated carbocycles. The molecule has 0 bridgehead atoms. The molecule has 0 atom stereocenters. The minimum absolute atomic E-state index is 0.0180. The maximum Gasteiger partial charge on any atom is 0.263 e. The Morgan fingerprint density at radius 1 is 1.24 bits per heavy atom. The van der Waals surface area contributed by atoms with Crippen molar-refractivity contribution in [3.8, 4) is 5.75 Å². The number of rotatable bonds is 1. The van der Waals surface area contributed by atoms with Gasteiger partial charge in [-0.05, 0) is 24.3 Å². The number of anilines is 1. The van der Waals surface area contributed by atoms with Gasteiger partial charge in [0.1, 0.15) is 24.0 Å². The molecule has 1 aliphatic rings. The van der Waals surface area contributed by atoms with Crippen molar-refractivity contribution in [2.24, 2.45) is 0 Å². The number of carbonyl (C=O) groups excluding carboxylic acids is 1. The lowest BCUT2D eigenvalue weighted by molar-refractivity contribution is 0.0973. The van der Waals surface area contributed by atoms with E-state index < -0.39 is 17.5 Å². The number of halogens is 3. The summed E-state index contributed by atoms with van der Waals surface area (Å²) in [6, 6.07) is 7.87. The third-order valence-electron chi connectivity index (χ3n) is 3.21. The Morgan fingerprint density at radius 2 is 2.05 bits per heavy atom. The summed E-state index contributed by atoms with van der Waals surface area (Å²) in [5.41, 5.74) is 0.0434. The Bertz CT molecular complexity index is 701. The van der Waals surface area contributed by atoms with Gasteiger partial charge in [0, 0.05) is 6.07 Å². The zero-order valence-electron chi connectivity index (χ0n) is 10.8. The number of hydrogen-bond donors (Lipinski definition) is 0. The summed E-state index contributed by atoms with van der Waals surface area (Å²) in [5, 5.41) is 0.0180. The first-order valence-corrected chi connectivity index (χ1v) is 6.64. The molecular formula is C15H10ClF2NO2. The second-order valence-corrected chi connectivity index (χ2v) is 4.92. The van der Waals surface area contributed by atoms with E-state index in [4.69, 9.17) is 16.3 Å². The first kappa shape index (κ1) is 13.8. The predicted octanol–water partition coefficient (Wildman–Crippen LogP) is 3.66. The quantitative estimate of drug-likeness (QED) is 0.804. The predicted molar refractivity (Wildman–Crippen MR) is 75.0 cm³/mol. The van der Waals surface area contributed by atoms with Crippen LogP contribution in [0.5, 0.6) is 5.75 Å². The second-order valence-electron chi connectivity index (χ2n) is 4.51. The van der Waals surface area contributed by atoms with Gasteiger partial charge in [-0.15, -0.1) is 0 Å². The maximum atomic E-state index is 13.9. The van der Waals surface area contributed by atoms with Crippen LogP contribution in [0.25, 0.3) is 0 Å². The summed E-state index contributed by atoms with van der Waals surface area (Å²) in [7, 11) is 0. The minimum atomic E-state index is -0.711. The zero-order valence-corrected chi connectivity index (χ0v) is 11.5. The summed E-state index contributed by atoms with van der Waals surface area (Å²) in [6.45, 7) is 0.441. The van der Waals surface area contributed by atoms with Gasteiger partial charge in [0.25, 0.3) is 5.91 Å². The van der Waals surface area contributed by atoms with Gasteiger partial charge in [-0.2, -0.15) is 0 Å². The minimum Gasteiger partial charge on any atom is -0.490 e. The van der Waals surface area contributed by atoms with Crippen LogP contribution < -0.4 is 9.64 Å². The van der Waals surface area contributed by atoms with E-state index in [1.165, 1.54) is 35.2 Å². The third-order valence-corrected chi connectivity index (χ3v) is 3.52. The number of ether oxygens (including phenoxy) is 1. The van der Waals surface area contributed by atoms with Crippen LogP contribution in [0.3, 0.4) is 0 Å². The largest absolute Gasteiger partial charge is 0.490 e. The molecule has 108 valence electrons. The second kappa shape index (κ2) is 5.33. The van der Waals surface area contributed by atoms with Crippen molar-refractivity contribution in [2.45, 2.75) is 0 Å². The van der Waals surface area contributed by atoms with Gasteiger partial charge in [-0.25, -0.2) is 8.78 Å². The van der Waals surface area contributed by atoms with Crippen molar-refractivity contribution in [3.05, 3.63) is 58.6 Å². The topological polar surface area (TPSA) is 29.5 Å². The molecule has 0 radical (unpaired) electrons. The zero-order chi connectivity index (χ0) is 15.0. The van der Waals surface area contributed by atoms with Crippen LogP contribution in [0.1, 0.15) is 10.4 Å². The molecule has 21 heavy (non-hydrogen) atoms. The molecule has 2 aromatic rings. The van der Waals surface area contributed by atoms with Crippen LogP contribution in [-0.2, 0) is 0 Å². The number of nitrogens with zero attached hydrogens (tertiary/aromatic N) is 1. The lowest BCUT2D eigenvalue weighted by Crippen LogP contribution is -2.38. The number of amides is 1. The summed E-state index contributed by atoms with van der Waals surface area (Å²) in [5.74, 6) is -1.45. The molecule has 1 heterocycles. The van der Waals surface area contributed by atoms with E-state index in [-0.39, 0.29) is 29.4 Å². The van der Waals surface area contributed by atoms with Crippen LogP contribution in [0.4, 0.5) is 14.5 Å². The number of fused-ring (bicyclic) bond motifs is 1. The third kappa shape index (κ3) is 2.45. The van der Waals surface area contributed by atoms with Gasteiger partial charge >= 0.3 is 0 Å². The molecule has 6 heteroatoms. The van der Waals surface area contributed by atoms with Crippen molar-refractivity contribution < 1.29 is 18.3 Å². The summed E-state index contributed by atoms with van der Waals surface area (Å²) in [6.07, 6.45) is 0. The van der Waals surface area contributed by atoms with Crippen molar-refractivity contribution in [3.63, 3.8) is 0 Å². The maximum absolute atomic E-state index is 13.9. The molecule has 2 aromatic carbocycles. The SMILES string of the molecule is O=C(c1c(F)cccc1Cl)N1CCOc2ccc(F)cc21. The van der Waals surface area contributed by atoms with Crippen LogP contribution in [-0.4, -0.2) is 19.1 Å². The van der Waals surface area contributed by atoms with Crippen molar-refractivity contribution >= 4 is 23.2 Å². The van der Waals surface area contributed by atoms with Crippen molar-refractivity contribution in [2.75, 3.05) is 18.1 Å². The molecule has 0 N–H and O–H groups in total. The fraction of sp³-hybridized carbons (Fsp3) is 0.133. The standard InChI is InChI=1S/C15H10ClF2NO2/c16-10-2-1-3-11(18)14(10)15(20)19-6-7-21-13-5-4-9(17)8-12(13)19/h1-5,8H,6-7H2. The van der Waals surface area contributed by atoms with E-state index in [9.17, 15) is 13.6 Å². The van der Waals surface area contributed by atoms with E-state index in [0.29, 0.717) is 5.75 Å². The average Bonchev–Trinajstić information content (AvgIpc) is 2.46. The first-order chi connectivity index (χ1) is 10.1. The molecule has 0 aliphatic carbocycles. The van der Waals surface area contributed by atoms with Gasteiger partial charge in [0.2, 0.25) is 0 Å². The molecular weight excluding hydrogens is 300 g/mol. The smallest absolute Gasteiger partial charge is 0.263 e. The molecule has 3 nitrogen and oxygen atoms in total. The summed E-state index contributed by atoms with van der Waals surface area (Å²) in [4.78, 5) is 13.8. The van der Waals surface area contributed by atoms with Crippen LogP contribution in [0, 0.1) is 11.6 Å². The van der Waals surface area contributed by atoms with E-state index >= 15 is 0 Å². The Morgan fingerprint density at radius 3 is 2.81 bits per heavy atom. The van der Waals surface area contributed by atoms with Crippen molar-refractivity contribution in [1.29, 1.82) is 0 Å². The van der Waals surface area contributed by atoms with Gasteiger partial charge in [-0.3, -0.25) is 4.79 Å². The van der Waals surface area contributed by atoms with Crippen LogP contribution >= 0.6 is 11.6 Å². The Labute approximate surface area is 124 Å². The Balaban J connectivity index is 2.06. The normalized spacial score (nSPS) is 13.6. The lowest BCUT2D eigenvalue weighted by atomic mass is 10.1. The van der Waals surface area contributed by atoms with E-state index in [0.717, 1.165) is 6.07 Å². The highest BCUT2D eigenvalue weighted by atomic mass is 35.5. The van der Waals surface area contributed by atoms with E-state index in [1.807, 2.05) is 0 Å². The highest BCUT2D eigenvalue weighted by Gasteiger charge is 2.28. The summed E-state index contributed by atoms with van der Waals surface area (Å²) < 4.78 is 32.6. The molecule has 1 aliphatic heterocycles.